The van der Waals surface area contributed by atoms with E-state index in [9.17, 15) is 13.2 Å². The first kappa shape index (κ1) is 14.0. The van der Waals surface area contributed by atoms with E-state index in [1.807, 2.05) is 6.92 Å². The Kier molecular flexibility index (Phi) is 4.49. The number of nitrogens with one attached hydrogen (secondary N) is 1. The third-order valence-corrected chi connectivity index (χ3v) is 3.50. The maximum Gasteiger partial charge on any atom is 0.194 e. The minimum absolute atomic E-state index is 0.198. The molecule has 2 aromatic rings. The Morgan fingerprint density at radius 3 is 2.47 bits per heavy atom. The van der Waals surface area contributed by atoms with Crippen molar-refractivity contribution in [1.29, 1.82) is 0 Å². The van der Waals surface area contributed by atoms with E-state index < -0.39 is 17.5 Å². The number of hydrogen-bond acceptors (Lipinski definition) is 4. The topological polar surface area (TPSA) is 37.8 Å². The summed E-state index contributed by atoms with van der Waals surface area (Å²) in [5.41, 5.74) is 0.198. The minimum atomic E-state index is -1.47. The Labute approximate surface area is 112 Å². The van der Waals surface area contributed by atoms with Gasteiger partial charge in [-0.15, -0.1) is 10.2 Å². The molecule has 102 valence electrons. The SMILES string of the molecule is CCNCCc1nnc(-c2cc(F)c(F)c(F)c2)s1. The van der Waals surface area contributed by atoms with Gasteiger partial charge in [-0.3, -0.25) is 0 Å². The zero-order chi connectivity index (χ0) is 13.8. The van der Waals surface area contributed by atoms with Crippen LogP contribution in [0, 0.1) is 17.5 Å². The molecule has 1 aromatic heterocycles. The van der Waals surface area contributed by atoms with Crippen molar-refractivity contribution in [2.75, 3.05) is 13.1 Å². The van der Waals surface area contributed by atoms with Crippen molar-refractivity contribution in [3.05, 3.63) is 34.6 Å². The molecule has 19 heavy (non-hydrogen) atoms. The normalized spacial score (nSPS) is 10.9. The molecule has 0 spiro atoms. The van der Waals surface area contributed by atoms with Gasteiger partial charge in [0.1, 0.15) is 10.0 Å². The summed E-state index contributed by atoms with van der Waals surface area (Å²) in [6.45, 7) is 3.62. The van der Waals surface area contributed by atoms with E-state index in [1.54, 1.807) is 0 Å². The molecule has 3 nitrogen and oxygen atoms in total. The van der Waals surface area contributed by atoms with Crippen molar-refractivity contribution < 1.29 is 13.2 Å². The zero-order valence-corrected chi connectivity index (χ0v) is 11.0. The fourth-order valence-corrected chi connectivity index (χ4v) is 2.35. The number of rotatable bonds is 5. The van der Waals surface area contributed by atoms with Crippen LogP contribution in [-0.4, -0.2) is 23.3 Å². The van der Waals surface area contributed by atoms with E-state index in [2.05, 4.69) is 15.5 Å². The van der Waals surface area contributed by atoms with E-state index in [4.69, 9.17) is 0 Å². The van der Waals surface area contributed by atoms with Crippen LogP contribution in [0.1, 0.15) is 11.9 Å². The van der Waals surface area contributed by atoms with Crippen LogP contribution in [0.15, 0.2) is 12.1 Å². The third kappa shape index (κ3) is 3.30. The van der Waals surface area contributed by atoms with Crippen molar-refractivity contribution >= 4 is 11.3 Å². The molecule has 0 radical (unpaired) electrons. The molecule has 1 aromatic carbocycles. The lowest BCUT2D eigenvalue weighted by Gasteiger charge is -1.99. The molecule has 0 aliphatic rings. The summed E-state index contributed by atoms with van der Waals surface area (Å²) in [5, 5.41) is 12.1. The number of benzene rings is 1. The monoisotopic (exact) mass is 287 g/mol. The van der Waals surface area contributed by atoms with Gasteiger partial charge in [-0.25, -0.2) is 13.2 Å². The van der Waals surface area contributed by atoms with Crippen molar-refractivity contribution in [3.63, 3.8) is 0 Å². The molecule has 2 rings (SSSR count). The Balaban J connectivity index is 2.18. The van der Waals surface area contributed by atoms with E-state index >= 15 is 0 Å². The van der Waals surface area contributed by atoms with Gasteiger partial charge in [0.2, 0.25) is 0 Å². The van der Waals surface area contributed by atoms with Crippen LogP contribution >= 0.6 is 11.3 Å². The highest BCUT2D eigenvalue weighted by Gasteiger charge is 2.14. The van der Waals surface area contributed by atoms with Crippen LogP contribution in [0.2, 0.25) is 0 Å². The summed E-state index contributed by atoms with van der Waals surface area (Å²) in [5.74, 6) is -3.92. The van der Waals surface area contributed by atoms with Gasteiger partial charge < -0.3 is 5.32 Å². The molecule has 0 unspecified atom stereocenters. The molecule has 0 atom stereocenters. The molecule has 0 aliphatic carbocycles. The minimum Gasteiger partial charge on any atom is -0.317 e. The van der Waals surface area contributed by atoms with E-state index in [0.717, 1.165) is 30.2 Å². The highest BCUT2D eigenvalue weighted by molar-refractivity contribution is 7.14. The maximum absolute atomic E-state index is 13.1. The van der Waals surface area contributed by atoms with Crippen molar-refractivity contribution in [2.45, 2.75) is 13.3 Å². The molecular weight excluding hydrogens is 275 g/mol. The number of hydrogen-bond donors (Lipinski definition) is 1. The lowest BCUT2D eigenvalue weighted by molar-refractivity contribution is 0.447. The standard InChI is InChI=1S/C12H12F3N3S/c1-2-16-4-3-10-17-18-12(19-10)7-5-8(13)11(15)9(14)6-7/h5-6,16H,2-4H2,1H3. The fourth-order valence-electron chi connectivity index (χ4n) is 1.52. The summed E-state index contributed by atoms with van der Waals surface area (Å²) in [4.78, 5) is 0. The first-order chi connectivity index (χ1) is 9.11. The van der Waals surface area contributed by atoms with Crippen LogP contribution in [0.25, 0.3) is 10.6 Å². The Morgan fingerprint density at radius 2 is 1.84 bits per heavy atom. The number of nitrogens with zero attached hydrogens (tertiary/aromatic N) is 2. The van der Waals surface area contributed by atoms with Gasteiger partial charge in [-0.1, -0.05) is 18.3 Å². The van der Waals surface area contributed by atoms with Gasteiger partial charge in [0, 0.05) is 18.5 Å². The predicted octanol–water partition coefficient (Wildman–Crippen LogP) is 2.77. The second kappa shape index (κ2) is 6.12. The van der Waals surface area contributed by atoms with E-state index in [-0.39, 0.29) is 5.56 Å². The van der Waals surface area contributed by atoms with E-state index in [0.29, 0.717) is 11.4 Å². The maximum atomic E-state index is 13.1. The van der Waals surface area contributed by atoms with Crippen molar-refractivity contribution in [1.82, 2.24) is 15.5 Å². The third-order valence-electron chi connectivity index (χ3n) is 2.46. The van der Waals surface area contributed by atoms with Gasteiger partial charge in [-0.2, -0.15) is 0 Å². The number of likely N-dealkylation sites (N-methyl/N-ethyl adjacent to an activating group) is 1. The molecular formula is C12H12F3N3S. The summed E-state index contributed by atoms with van der Waals surface area (Å²) in [6.07, 6.45) is 0.692. The van der Waals surface area contributed by atoms with Crippen LogP contribution in [0.4, 0.5) is 13.2 Å². The molecule has 1 heterocycles. The Morgan fingerprint density at radius 1 is 1.16 bits per heavy atom. The van der Waals surface area contributed by atoms with Crippen molar-refractivity contribution in [2.24, 2.45) is 0 Å². The Bertz CT molecular complexity index is 548. The molecule has 0 saturated heterocycles. The van der Waals surface area contributed by atoms with E-state index in [1.165, 1.54) is 11.3 Å². The molecule has 1 N–H and O–H groups in total. The summed E-state index contributed by atoms with van der Waals surface area (Å²) >= 11 is 1.24. The largest absolute Gasteiger partial charge is 0.317 e. The average Bonchev–Trinajstić information content (AvgIpc) is 2.84. The van der Waals surface area contributed by atoms with Crippen LogP contribution in [-0.2, 0) is 6.42 Å². The molecule has 0 bridgehead atoms. The van der Waals surface area contributed by atoms with Crippen molar-refractivity contribution in [3.8, 4) is 10.6 Å². The smallest absolute Gasteiger partial charge is 0.194 e. The quantitative estimate of drug-likeness (QED) is 0.679. The molecule has 0 fully saturated rings. The second-order valence-electron chi connectivity index (χ2n) is 3.86. The van der Waals surface area contributed by atoms with Gasteiger partial charge >= 0.3 is 0 Å². The van der Waals surface area contributed by atoms with Crippen LogP contribution < -0.4 is 5.32 Å². The van der Waals surface area contributed by atoms with Gasteiger partial charge in [-0.05, 0) is 18.7 Å². The predicted molar refractivity (Wildman–Crippen MR) is 67.5 cm³/mol. The molecule has 7 heteroatoms. The number of halogens is 3. The fraction of sp³-hybridized carbons (Fsp3) is 0.333. The van der Waals surface area contributed by atoms with Gasteiger partial charge in [0.25, 0.3) is 0 Å². The lowest BCUT2D eigenvalue weighted by Crippen LogP contribution is -2.15. The molecule has 0 saturated carbocycles. The molecule has 0 aliphatic heterocycles. The van der Waals surface area contributed by atoms with Crippen LogP contribution in [0.5, 0.6) is 0 Å². The first-order valence-corrected chi connectivity index (χ1v) is 6.61. The second-order valence-corrected chi connectivity index (χ2v) is 4.92. The van der Waals surface area contributed by atoms with Gasteiger partial charge in [0.05, 0.1) is 0 Å². The highest BCUT2D eigenvalue weighted by atomic mass is 32.1. The average molecular weight is 287 g/mol. The first-order valence-electron chi connectivity index (χ1n) is 5.79. The number of aromatic nitrogens is 2. The zero-order valence-electron chi connectivity index (χ0n) is 10.2. The Hall–Kier alpha value is -1.47. The lowest BCUT2D eigenvalue weighted by atomic mass is 10.2. The summed E-state index contributed by atoms with van der Waals surface area (Å²) in [6, 6.07) is 1.85. The van der Waals surface area contributed by atoms with Gasteiger partial charge in [0.15, 0.2) is 17.5 Å². The highest BCUT2D eigenvalue weighted by Crippen LogP contribution is 2.26. The molecule has 0 amide bonds. The summed E-state index contributed by atoms with van der Waals surface area (Å²) < 4.78 is 39.1. The summed E-state index contributed by atoms with van der Waals surface area (Å²) in [7, 11) is 0. The van der Waals surface area contributed by atoms with Crippen LogP contribution in [0.3, 0.4) is 0 Å².